The minimum atomic E-state index is 0.543. The minimum Gasteiger partial charge on any atom is -0.481 e. The third-order valence-electron chi connectivity index (χ3n) is 2.58. The Kier molecular flexibility index (Phi) is 5.18. The Morgan fingerprint density at radius 1 is 1.17 bits per heavy atom. The Morgan fingerprint density at radius 2 is 1.89 bits per heavy atom. The lowest BCUT2D eigenvalue weighted by Gasteiger charge is -2.09. The van der Waals surface area contributed by atoms with Crippen molar-refractivity contribution >= 4 is 5.57 Å². The van der Waals surface area contributed by atoms with E-state index in [-0.39, 0.29) is 0 Å². The largest absolute Gasteiger partial charge is 0.481 e. The molecule has 0 N–H and O–H groups in total. The molecule has 0 spiro atoms. The van der Waals surface area contributed by atoms with Crippen molar-refractivity contribution in [3.8, 4) is 11.8 Å². The molecule has 0 saturated heterocycles. The summed E-state index contributed by atoms with van der Waals surface area (Å²) < 4.78 is 10.3. The first kappa shape index (κ1) is 14.0. The summed E-state index contributed by atoms with van der Waals surface area (Å²) in [5.41, 5.74) is 3.13. The molecule has 0 unspecified atom stereocenters. The van der Waals surface area contributed by atoms with E-state index in [1.165, 1.54) is 0 Å². The van der Waals surface area contributed by atoms with Gasteiger partial charge in [-0.2, -0.15) is 4.98 Å². The van der Waals surface area contributed by atoms with Crippen molar-refractivity contribution in [3.63, 3.8) is 0 Å². The van der Waals surface area contributed by atoms with Gasteiger partial charge in [0.1, 0.15) is 0 Å². The summed E-state index contributed by atoms with van der Waals surface area (Å²) in [5.74, 6) is 1.11. The summed E-state index contributed by atoms with van der Waals surface area (Å²) in [6, 6.07) is 3.76. The summed E-state index contributed by atoms with van der Waals surface area (Å²) in [5, 5.41) is 0. The normalized spacial score (nSPS) is 12.2. The van der Waals surface area contributed by atoms with Crippen LogP contribution in [0.4, 0.5) is 0 Å². The van der Waals surface area contributed by atoms with E-state index in [0.717, 1.165) is 16.7 Å². The maximum Gasteiger partial charge on any atom is 0.224 e. The number of aromatic nitrogens is 1. The van der Waals surface area contributed by atoms with E-state index < -0.39 is 0 Å². The second kappa shape index (κ2) is 6.64. The van der Waals surface area contributed by atoms with Crippen molar-refractivity contribution in [3.05, 3.63) is 48.1 Å². The average Bonchev–Trinajstić information content (AvgIpc) is 2.43. The molecular formula is C15H19NO2. The highest BCUT2D eigenvalue weighted by molar-refractivity contribution is 5.69. The zero-order chi connectivity index (χ0) is 13.5. The topological polar surface area (TPSA) is 31.4 Å². The van der Waals surface area contributed by atoms with Crippen molar-refractivity contribution in [1.29, 1.82) is 0 Å². The van der Waals surface area contributed by atoms with Crippen LogP contribution in [0.15, 0.2) is 42.5 Å². The van der Waals surface area contributed by atoms with Crippen LogP contribution in [0, 0.1) is 0 Å². The number of ether oxygens (including phenoxy) is 2. The van der Waals surface area contributed by atoms with Gasteiger partial charge in [-0.1, -0.05) is 30.4 Å². The van der Waals surface area contributed by atoms with Gasteiger partial charge in [-0.25, -0.2) is 0 Å². The van der Waals surface area contributed by atoms with E-state index in [0.29, 0.717) is 11.8 Å². The maximum atomic E-state index is 5.27. The molecule has 1 rings (SSSR count). The van der Waals surface area contributed by atoms with Gasteiger partial charge < -0.3 is 9.47 Å². The molecule has 0 bridgehead atoms. The van der Waals surface area contributed by atoms with Crippen molar-refractivity contribution in [1.82, 2.24) is 4.98 Å². The molecule has 1 aromatic rings. The molecule has 1 aromatic heterocycles. The summed E-state index contributed by atoms with van der Waals surface area (Å²) in [4.78, 5) is 4.25. The van der Waals surface area contributed by atoms with E-state index >= 15 is 0 Å². The van der Waals surface area contributed by atoms with Crippen LogP contribution < -0.4 is 9.47 Å². The highest BCUT2D eigenvalue weighted by Gasteiger charge is 2.07. The molecule has 0 radical (unpaired) electrons. The van der Waals surface area contributed by atoms with Gasteiger partial charge >= 0.3 is 0 Å². The first-order chi connectivity index (χ1) is 8.62. The minimum absolute atomic E-state index is 0.543. The predicted octanol–water partition coefficient (Wildman–Crippen LogP) is 3.63. The fourth-order valence-electron chi connectivity index (χ4n) is 1.41. The molecule has 96 valence electrons. The number of hydrogen-bond acceptors (Lipinski definition) is 3. The first-order valence-corrected chi connectivity index (χ1v) is 5.69. The van der Waals surface area contributed by atoms with E-state index in [1.54, 1.807) is 14.2 Å². The summed E-state index contributed by atoms with van der Waals surface area (Å²) >= 11 is 0. The second-order valence-electron chi connectivity index (χ2n) is 3.87. The predicted molar refractivity (Wildman–Crippen MR) is 74.9 cm³/mol. The Morgan fingerprint density at radius 3 is 2.44 bits per heavy atom. The molecule has 0 fully saturated rings. The number of rotatable bonds is 5. The lowest BCUT2D eigenvalue weighted by molar-refractivity contribution is 0.364. The number of hydrogen-bond donors (Lipinski definition) is 0. The molecule has 3 nitrogen and oxygen atoms in total. The fourth-order valence-corrected chi connectivity index (χ4v) is 1.41. The number of nitrogens with zero attached hydrogens (tertiary/aromatic N) is 1. The van der Waals surface area contributed by atoms with E-state index in [1.807, 2.05) is 44.2 Å². The first-order valence-electron chi connectivity index (χ1n) is 5.69. The molecular weight excluding hydrogens is 226 g/mol. The smallest absolute Gasteiger partial charge is 0.224 e. The van der Waals surface area contributed by atoms with Gasteiger partial charge in [0.2, 0.25) is 11.8 Å². The highest BCUT2D eigenvalue weighted by atomic mass is 16.5. The van der Waals surface area contributed by atoms with Crippen LogP contribution >= 0.6 is 0 Å². The quantitative estimate of drug-likeness (QED) is 0.742. The molecule has 0 amide bonds. The van der Waals surface area contributed by atoms with Gasteiger partial charge in [0, 0.05) is 11.6 Å². The molecule has 0 aliphatic heterocycles. The van der Waals surface area contributed by atoms with Crippen molar-refractivity contribution in [2.75, 3.05) is 14.2 Å². The van der Waals surface area contributed by atoms with Gasteiger partial charge in [0.15, 0.2) is 0 Å². The van der Waals surface area contributed by atoms with Gasteiger partial charge in [0.25, 0.3) is 0 Å². The Labute approximate surface area is 108 Å². The number of methoxy groups -OCH3 is 2. The maximum absolute atomic E-state index is 5.27. The zero-order valence-electron chi connectivity index (χ0n) is 11.4. The second-order valence-corrected chi connectivity index (χ2v) is 3.87. The van der Waals surface area contributed by atoms with Crippen LogP contribution in [0.3, 0.4) is 0 Å². The summed E-state index contributed by atoms with van der Waals surface area (Å²) in [6.45, 7) is 7.73. The van der Waals surface area contributed by atoms with Crippen LogP contribution in [-0.2, 0) is 0 Å². The van der Waals surface area contributed by atoms with E-state index in [4.69, 9.17) is 9.47 Å². The molecule has 0 atom stereocenters. The van der Waals surface area contributed by atoms with E-state index in [2.05, 4.69) is 11.6 Å². The molecule has 0 saturated carbocycles. The molecule has 0 aromatic carbocycles. The molecule has 0 aliphatic rings. The summed E-state index contributed by atoms with van der Waals surface area (Å²) in [7, 11) is 3.18. The third kappa shape index (κ3) is 3.48. The third-order valence-corrected chi connectivity index (χ3v) is 2.58. The fraction of sp³-hybridized carbons (Fsp3) is 0.267. The lowest BCUT2D eigenvalue weighted by atomic mass is 10.1. The Bertz CT molecular complexity index is 487. The van der Waals surface area contributed by atoms with Gasteiger partial charge in [0.05, 0.1) is 14.2 Å². The van der Waals surface area contributed by atoms with Crippen LogP contribution in [0.5, 0.6) is 11.8 Å². The van der Waals surface area contributed by atoms with Gasteiger partial charge in [-0.05, 0) is 25.5 Å². The van der Waals surface area contributed by atoms with Gasteiger partial charge in [-0.3, -0.25) is 0 Å². The number of allylic oxidation sites excluding steroid dienone is 5. The molecule has 1 heterocycles. The standard InChI is InChI=1S/C15H19NO2/c1-6-11(2)7-8-12(3)13-9-10-14(17-4)16-15(13)18-5/h6-10H,1H2,2-5H3/b11-7?,12-8+. The van der Waals surface area contributed by atoms with Crippen molar-refractivity contribution in [2.24, 2.45) is 0 Å². The zero-order valence-corrected chi connectivity index (χ0v) is 11.4. The van der Waals surface area contributed by atoms with Crippen LogP contribution in [0.1, 0.15) is 19.4 Å². The van der Waals surface area contributed by atoms with Gasteiger partial charge in [-0.15, -0.1) is 0 Å². The Hall–Kier alpha value is -2.03. The summed E-state index contributed by atoms with van der Waals surface area (Å²) in [6.07, 6.45) is 5.84. The van der Waals surface area contributed by atoms with Crippen LogP contribution in [0.25, 0.3) is 5.57 Å². The number of pyridine rings is 1. The van der Waals surface area contributed by atoms with Crippen molar-refractivity contribution in [2.45, 2.75) is 13.8 Å². The van der Waals surface area contributed by atoms with Crippen LogP contribution in [-0.4, -0.2) is 19.2 Å². The van der Waals surface area contributed by atoms with Crippen molar-refractivity contribution < 1.29 is 9.47 Å². The van der Waals surface area contributed by atoms with E-state index in [9.17, 15) is 0 Å². The average molecular weight is 245 g/mol. The molecule has 3 heteroatoms. The highest BCUT2D eigenvalue weighted by Crippen LogP contribution is 2.26. The monoisotopic (exact) mass is 245 g/mol. The molecule has 18 heavy (non-hydrogen) atoms. The van der Waals surface area contributed by atoms with Crippen LogP contribution in [0.2, 0.25) is 0 Å². The lowest BCUT2D eigenvalue weighted by Crippen LogP contribution is -1.96. The molecule has 0 aliphatic carbocycles. The SMILES string of the molecule is C=CC(C)=C/C=C(\C)c1ccc(OC)nc1OC. The Balaban J connectivity index is 3.12.